The number of aromatic nitrogens is 1. The van der Waals surface area contributed by atoms with Gasteiger partial charge in [0, 0.05) is 29.9 Å². The molecule has 0 spiro atoms. The van der Waals surface area contributed by atoms with Gasteiger partial charge in [-0.05, 0) is 24.0 Å². The van der Waals surface area contributed by atoms with Gasteiger partial charge in [0.25, 0.3) is 0 Å². The second-order valence-electron chi connectivity index (χ2n) is 9.67. The molecule has 0 aliphatic heterocycles. The van der Waals surface area contributed by atoms with Crippen LogP contribution in [0.2, 0.25) is 0 Å². The summed E-state index contributed by atoms with van der Waals surface area (Å²) in [4.78, 5) is 76.8. The molecule has 0 bridgehead atoms. The summed E-state index contributed by atoms with van der Waals surface area (Å²) in [5, 5.41) is 17.7. The minimum Gasteiger partial charge on any atom is -0.480 e. The van der Waals surface area contributed by atoms with E-state index < -0.39 is 66.1 Å². The fourth-order valence-corrected chi connectivity index (χ4v) is 4.01. The van der Waals surface area contributed by atoms with E-state index in [0.717, 1.165) is 10.9 Å². The van der Waals surface area contributed by atoms with Crippen molar-refractivity contribution in [2.24, 2.45) is 23.1 Å². The summed E-state index contributed by atoms with van der Waals surface area (Å²) in [7, 11) is 0. The summed E-state index contributed by atoms with van der Waals surface area (Å²) in [6.45, 7) is 3.57. The van der Waals surface area contributed by atoms with Crippen molar-refractivity contribution in [3.63, 3.8) is 0 Å². The van der Waals surface area contributed by atoms with Gasteiger partial charge in [0.05, 0.1) is 12.5 Å². The Morgan fingerprint density at radius 2 is 1.50 bits per heavy atom. The first-order valence-corrected chi connectivity index (χ1v) is 12.8. The highest BCUT2D eigenvalue weighted by molar-refractivity contribution is 5.96. The third-order valence-corrected chi connectivity index (χ3v) is 6.62. The number of nitrogens with two attached hydrogens (primary N) is 3. The van der Waals surface area contributed by atoms with Crippen molar-refractivity contribution < 1.29 is 33.9 Å². The molecule has 0 radical (unpaired) electrons. The third kappa shape index (κ3) is 9.08. The van der Waals surface area contributed by atoms with E-state index in [1.807, 2.05) is 19.1 Å². The monoisotopic (exact) mass is 559 g/mol. The zero-order valence-electron chi connectivity index (χ0n) is 22.4. The van der Waals surface area contributed by atoms with Gasteiger partial charge in [-0.1, -0.05) is 38.5 Å². The summed E-state index contributed by atoms with van der Waals surface area (Å²) in [6.07, 6.45) is 0.975. The first-order valence-electron chi connectivity index (χ1n) is 12.8. The zero-order chi connectivity index (χ0) is 30.0. The first kappa shape index (κ1) is 31.8. The number of hydrogen-bond donors (Lipinski definition) is 8. The number of carbonyl (C=O) groups is 6. The molecule has 0 aliphatic rings. The van der Waals surface area contributed by atoms with Crippen LogP contribution in [0.3, 0.4) is 0 Å². The zero-order valence-corrected chi connectivity index (χ0v) is 22.4. The van der Waals surface area contributed by atoms with E-state index >= 15 is 0 Å². The number of carboxylic acid groups (broad SMARTS) is 1. The number of carboxylic acids is 1. The predicted molar refractivity (Wildman–Crippen MR) is 145 cm³/mol. The number of para-hydroxylation sites is 1. The van der Waals surface area contributed by atoms with E-state index in [1.54, 1.807) is 25.3 Å². The Kier molecular flexibility index (Phi) is 11.6. The van der Waals surface area contributed by atoms with Gasteiger partial charge in [0.1, 0.15) is 18.1 Å². The minimum absolute atomic E-state index is 0.0740. The van der Waals surface area contributed by atoms with Crippen LogP contribution in [0.5, 0.6) is 0 Å². The summed E-state index contributed by atoms with van der Waals surface area (Å²) >= 11 is 0. The molecule has 0 aliphatic carbocycles. The van der Waals surface area contributed by atoms with Gasteiger partial charge in [-0.3, -0.25) is 24.0 Å². The van der Waals surface area contributed by atoms with Gasteiger partial charge in [0.15, 0.2) is 0 Å². The van der Waals surface area contributed by atoms with Crippen LogP contribution in [0.15, 0.2) is 30.5 Å². The number of aliphatic carboxylic acids is 1. The highest BCUT2D eigenvalue weighted by atomic mass is 16.4. The van der Waals surface area contributed by atoms with Crippen LogP contribution in [-0.2, 0) is 35.2 Å². The second-order valence-corrected chi connectivity index (χ2v) is 9.67. The fraction of sp³-hybridized carbons (Fsp3) is 0.462. The number of carbonyl (C=O) groups excluding carboxylic acids is 5. The predicted octanol–water partition coefficient (Wildman–Crippen LogP) is -1.24. The quantitative estimate of drug-likeness (QED) is 0.123. The van der Waals surface area contributed by atoms with Gasteiger partial charge in [0.2, 0.25) is 29.5 Å². The molecule has 1 aromatic carbocycles. The molecular formula is C26H37N7O7. The first-order chi connectivity index (χ1) is 18.8. The average Bonchev–Trinajstić information content (AvgIpc) is 3.31. The standard InChI is InChI=1S/C26H37N7O7/c1-3-13(2)22(29)25(38)32-18(11-21(28)35)24(37)31-17(8-9-20(27)34)23(36)33-19(26(39)40)10-14-12-30-16-7-5-4-6-15(14)16/h4-7,12-13,17-19,22,30H,3,8-11,29H2,1-2H3,(H2,27,34)(H2,28,35)(H,31,37)(H,32,38)(H,33,36)(H,39,40). The maximum Gasteiger partial charge on any atom is 0.326 e. The molecule has 1 heterocycles. The van der Waals surface area contributed by atoms with E-state index in [1.165, 1.54) is 0 Å². The molecule has 2 rings (SSSR count). The Labute approximate surface area is 230 Å². The van der Waals surface area contributed by atoms with Crippen molar-refractivity contribution in [2.75, 3.05) is 0 Å². The lowest BCUT2D eigenvalue weighted by Gasteiger charge is -2.25. The topological polar surface area (TPSA) is 253 Å². The van der Waals surface area contributed by atoms with Crippen molar-refractivity contribution >= 4 is 46.4 Å². The number of nitrogens with one attached hydrogen (secondary N) is 4. The number of benzene rings is 1. The van der Waals surface area contributed by atoms with E-state index in [4.69, 9.17) is 17.2 Å². The van der Waals surface area contributed by atoms with E-state index in [0.29, 0.717) is 12.0 Å². The van der Waals surface area contributed by atoms with E-state index in [-0.39, 0.29) is 25.2 Å². The van der Waals surface area contributed by atoms with Crippen molar-refractivity contribution in [1.82, 2.24) is 20.9 Å². The maximum atomic E-state index is 13.2. The maximum absolute atomic E-state index is 13.2. The lowest BCUT2D eigenvalue weighted by molar-refractivity contribution is -0.142. The summed E-state index contributed by atoms with van der Waals surface area (Å²) in [5.41, 5.74) is 17.8. The van der Waals surface area contributed by atoms with Crippen molar-refractivity contribution in [3.8, 4) is 0 Å². The molecule has 2 aromatic rings. The second kappa shape index (κ2) is 14.6. The largest absolute Gasteiger partial charge is 0.480 e. The Bertz CT molecular complexity index is 1240. The van der Waals surface area contributed by atoms with Crippen molar-refractivity contribution in [2.45, 2.75) is 70.1 Å². The Hall–Kier alpha value is -4.46. The number of amides is 5. The summed E-state index contributed by atoms with van der Waals surface area (Å²) in [6, 6.07) is 2.00. The van der Waals surface area contributed by atoms with Gasteiger partial charge in [-0.25, -0.2) is 4.79 Å². The highest BCUT2D eigenvalue weighted by Gasteiger charge is 2.32. The van der Waals surface area contributed by atoms with Crippen LogP contribution in [0.4, 0.5) is 0 Å². The van der Waals surface area contributed by atoms with Crippen LogP contribution >= 0.6 is 0 Å². The smallest absolute Gasteiger partial charge is 0.326 e. The molecule has 14 heteroatoms. The summed E-state index contributed by atoms with van der Waals surface area (Å²) < 4.78 is 0. The molecule has 5 unspecified atom stereocenters. The van der Waals surface area contributed by atoms with Crippen LogP contribution in [0.1, 0.15) is 45.1 Å². The Morgan fingerprint density at radius 3 is 2.10 bits per heavy atom. The average molecular weight is 560 g/mol. The van der Waals surface area contributed by atoms with Crippen molar-refractivity contribution in [3.05, 3.63) is 36.0 Å². The van der Waals surface area contributed by atoms with E-state index in [9.17, 15) is 33.9 Å². The van der Waals surface area contributed by atoms with Crippen LogP contribution < -0.4 is 33.2 Å². The molecule has 0 fully saturated rings. The van der Waals surface area contributed by atoms with E-state index in [2.05, 4.69) is 20.9 Å². The normalized spacial score (nSPS) is 14.8. The van der Waals surface area contributed by atoms with Gasteiger partial charge >= 0.3 is 5.97 Å². The highest BCUT2D eigenvalue weighted by Crippen LogP contribution is 2.19. The minimum atomic E-state index is -1.47. The molecule has 14 nitrogen and oxygen atoms in total. The third-order valence-electron chi connectivity index (χ3n) is 6.62. The lowest BCUT2D eigenvalue weighted by Crippen LogP contribution is -2.58. The molecular weight excluding hydrogens is 522 g/mol. The Balaban J connectivity index is 2.22. The number of primary amides is 2. The number of aromatic amines is 1. The molecule has 218 valence electrons. The fourth-order valence-electron chi connectivity index (χ4n) is 4.01. The van der Waals surface area contributed by atoms with Gasteiger partial charge in [-0.2, -0.15) is 0 Å². The van der Waals surface area contributed by atoms with Crippen molar-refractivity contribution in [1.29, 1.82) is 0 Å². The SMILES string of the molecule is CCC(C)C(N)C(=O)NC(CC(N)=O)C(=O)NC(CCC(N)=O)C(=O)NC(Cc1c[nH]c2ccccc12)C(=O)O. The lowest BCUT2D eigenvalue weighted by atomic mass is 9.98. The Morgan fingerprint density at radius 1 is 0.900 bits per heavy atom. The molecule has 5 atom stereocenters. The molecule has 11 N–H and O–H groups in total. The van der Waals surface area contributed by atoms with Crippen LogP contribution in [-0.4, -0.2) is 69.8 Å². The van der Waals surface area contributed by atoms with Crippen LogP contribution in [0.25, 0.3) is 10.9 Å². The number of H-pyrrole nitrogens is 1. The number of hydrogen-bond acceptors (Lipinski definition) is 7. The molecule has 1 aromatic heterocycles. The number of fused-ring (bicyclic) bond motifs is 1. The molecule has 0 saturated carbocycles. The van der Waals surface area contributed by atoms with Crippen LogP contribution in [0, 0.1) is 5.92 Å². The molecule has 40 heavy (non-hydrogen) atoms. The van der Waals surface area contributed by atoms with Gasteiger partial charge < -0.3 is 43.2 Å². The molecule has 0 saturated heterocycles. The van der Waals surface area contributed by atoms with Gasteiger partial charge in [-0.15, -0.1) is 0 Å². The summed E-state index contributed by atoms with van der Waals surface area (Å²) in [5.74, 6) is -5.76. The number of rotatable bonds is 16. The molecule has 5 amide bonds.